The molecule has 0 aliphatic rings. The van der Waals surface area contributed by atoms with E-state index < -0.39 is 60.4 Å². The number of hydrogen-bond acceptors (Lipinski definition) is 7. The molecule has 11 heteroatoms. The molecule has 11 nitrogen and oxygen atoms in total. The molecule has 0 fully saturated rings. The fourth-order valence-electron chi connectivity index (χ4n) is 2.72. The summed E-state index contributed by atoms with van der Waals surface area (Å²) < 4.78 is 0. The summed E-state index contributed by atoms with van der Waals surface area (Å²) in [5.41, 5.74) is -4.07. The van der Waals surface area contributed by atoms with Gasteiger partial charge in [0.15, 0.2) is 0 Å². The van der Waals surface area contributed by atoms with E-state index in [-0.39, 0.29) is 0 Å². The van der Waals surface area contributed by atoms with Gasteiger partial charge in [0.25, 0.3) is 0 Å². The first-order valence-electron chi connectivity index (χ1n) is 7.99. The summed E-state index contributed by atoms with van der Waals surface area (Å²) in [5.74, 6) is -7.35. The van der Waals surface area contributed by atoms with Crippen LogP contribution in [0, 0.1) is 16.7 Å². The van der Waals surface area contributed by atoms with E-state index in [0.29, 0.717) is 24.3 Å². The zero-order valence-electron chi connectivity index (χ0n) is 15.1. The third-order valence-corrected chi connectivity index (χ3v) is 4.27. The van der Waals surface area contributed by atoms with E-state index in [4.69, 9.17) is 20.4 Å². The number of aliphatic hydroxyl groups is 3. The molecule has 7 N–H and O–H groups in total. The predicted molar refractivity (Wildman–Crippen MR) is 96.7 cm³/mol. The Morgan fingerprint density at radius 2 is 0.931 bits per heavy atom. The van der Waals surface area contributed by atoms with E-state index in [1.165, 1.54) is 0 Å². The Morgan fingerprint density at radius 3 is 1.17 bits per heavy atom. The molecule has 0 amide bonds. The summed E-state index contributed by atoms with van der Waals surface area (Å²) in [6.45, 7) is -2.98. The molecule has 0 unspecified atom stereocenters. The average molecular weight is 414 g/mol. The van der Waals surface area contributed by atoms with Crippen molar-refractivity contribution in [2.24, 2.45) is 16.7 Å². The van der Waals surface area contributed by atoms with Gasteiger partial charge in [0.05, 0.1) is 25.2 Å². The fourth-order valence-corrected chi connectivity index (χ4v) is 2.72. The largest absolute Gasteiger partial charge is 0.478 e. The summed E-state index contributed by atoms with van der Waals surface area (Å²) in [6, 6.07) is 0. The number of carboxylic acids is 4. The van der Waals surface area contributed by atoms with Crippen LogP contribution in [0.3, 0.4) is 0 Å². The van der Waals surface area contributed by atoms with Crippen molar-refractivity contribution in [3.8, 4) is 0 Å². The van der Waals surface area contributed by atoms with Crippen LogP contribution < -0.4 is 0 Å². The number of hydrogen-bond donors (Lipinski definition) is 7. The maximum atomic E-state index is 11.1. The van der Waals surface area contributed by atoms with Crippen LogP contribution >= 0.6 is 0 Å². The molecule has 0 aromatic heterocycles. The summed E-state index contributed by atoms with van der Waals surface area (Å²) in [7, 11) is 0. The predicted octanol–water partition coefficient (Wildman–Crippen LogP) is -0.884. The van der Waals surface area contributed by atoms with Gasteiger partial charge in [-0.25, -0.2) is 19.2 Å². The molecule has 0 bridgehead atoms. The van der Waals surface area contributed by atoms with Gasteiger partial charge >= 0.3 is 23.9 Å². The fraction of sp³-hybridized carbons (Fsp3) is 0.333. The normalized spacial score (nSPS) is 15.8. The van der Waals surface area contributed by atoms with Crippen molar-refractivity contribution >= 4 is 23.9 Å². The smallest absolute Gasteiger partial charge is 0.328 e. The highest BCUT2D eigenvalue weighted by molar-refractivity contribution is 5.82. The minimum Gasteiger partial charge on any atom is -0.478 e. The van der Waals surface area contributed by atoms with E-state index in [9.17, 15) is 34.5 Å². The van der Waals surface area contributed by atoms with Crippen molar-refractivity contribution in [1.82, 2.24) is 0 Å². The molecular weight excluding hydrogens is 392 g/mol. The third-order valence-electron chi connectivity index (χ3n) is 4.27. The topological polar surface area (TPSA) is 210 Å². The van der Waals surface area contributed by atoms with Crippen LogP contribution in [0.1, 0.15) is 0 Å². The summed E-state index contributed by atoms with van der Waals surface area (Å²) in [4.78, 5) is 44.1. The Bertz CT molecular complexity index is 670. The van der Waals surface area contributed by atoms with Gasteiger partial charge in [-0.1, -0.05) is 24.3 Å². The van der Waals surface area contributed by atoms with Gasteiger partial charge in [-0.3, -0.25) is 0 Å². The highest BCUT2D eigenvalue weighted by Crippen LogP contribution is 2.49. The first-order valence-corrected chi connectivity index (χ1v) is 7.99. The lowest BCUT2D eigenvalue weighted by Crippen LogP contribution is -2.52. The lowest BCUT2D eigenvalue weighted by atomic mass is 9.57. The maximum Gasteiger partial charge on any atom is 0.328 e. The molecule has 0 spiro atoms. The number of carboxylic acid groups (broad SMARTS) is 4. The zero-order valence-corrected chi connectivity index (χ0v) is 15.1. The third kappa shape index (κ3) is 6.99. The van der Waals surface area contributed by atoms with E-state index in [1.807, 2.05) is 0 Å². The van der Waals surface area contributed by atoms with Crippen LogP contribution in [0.15, 0.2) is 48.6 Å². The average Bonchev–Trinajstić information content (AvgIpc) is 2.64. The van der Waals surface area contributed by atoms with Crippen LogP contribution in [-0.4, -0.2) is 79.4 Å². The Labute approximate surface area is 164 Å². The Kier molecular flexibility index (Phi) is 10.2. The molecular formula is C18H22O11. The SMILES string of the molecule is O=C(O)C=CC(C=CC(=O)O)C(C=CC(=O)O)(C=CC(=O)O)C(CO)(CO)CO. The summed E-state index contributed by atoms with van der Waals surface area (Å²) >= 11 is 0. The van der Waals surface area contributed by atoms with Gasteiger partial charge in [-0.05, 0) is 0 Å². The summed E-state index contributed by atoms with van der Waals surface area (Å²) in [5, 5.41) is 65.5. The van der Waals surface area contributed by atoms with Crippen LogP contribution in [-0.2, 0) is 19.2 Å². The lowest BCUT2D eigenvalue weighted by molar-refractivity contribution is -0.132. The molecule has 160 valence electrons. The first-order chi connectivity index (χ1) is 13.5. The van der Waals surface area contributed by atoms with E-state index in [0.717, 1.165) is 24.3 Å². The number of aliphatic hydroxyl groups excluding tert-OH is 3. The monoisotopic (exact) mass is 414 g/mol. The molecule has 0 radical (unpaired) electrons. The number of aliphatic carboxylic acids is 4. The molecule has 0 heterocycles. The number of allylic oxidation sites excluding steroid dienone is 4. The van der Waals surface area contributed by atoms with E-state index >= 15 is 0 Å². The number of carbonyl (C=O) groups is 4. The van der Waals surface area contributed by atoms with Gasteiger partial charge in [-0.15, -0.1) is 0 Å². The van der Waals surface area contributed by atoms with Gasteiger partial charge < -0.3 is 35.7 Å². The molecule has 0 rings (SSSR count). The van der Waals surface area contributed by atoms with Gasteiger partial charge in [-0.2, -0.15) is 0 Å². The van der Waals surface area contributed by atoms with Crippen LogP contribution in [0.2, 0.25) is 0 Å². The summed E-state index contributed by atoms with van der Waals surface area (Å²) in [6.07, 6.45) is 5.78. The van der Waals surface area contributed by atoms with Crippen molar-refractivity contribution in [2.75, 3.05) is 19.8 Å². The number of rotatable bonds is 13. The second-order valence-corrected chi connectivity index (χ2v) is 5.95. The minimum absolute atomic E-state index is 0.540. The van der Waals surface area contributed by atoms with Crippen molar-refractivity contribution in [1.29, 1.82) is 0 Å². The van der Waals surface area contributed by atoms with Crippen LogP contribution in [0.4, 0.5) is 0 Å². The Hall–Kier alpha value is -3.28. The molecule has 29 heavy (non-hydrogen) atoms. The van der Waals surface area contributed by atoms with Crippen molar-refractivity contribution < 1.29 is 54.9 Å². The molecule has 0 aromatic carbocycles. The van der Waals surface area contributed by atoms with Gasteiger partial charge in [0, 0.05) is 35.6 Å². The van der Waals surface area contributed by atoms with Gasteiger partial charge in [0.2, 0.25) is 0 Å². The zero-order chi connectivity index (χ0) is 22.7. The maximum absolute atomic E-state index is 11.1. The second kappa shape index (κ2) is 11.5. The quantitative estimate of drug-likeness (QED) is 0.184. The first kappa shape index (κ1) is 25.7. The Balaban J connectivity index is 7.23. The minimum atomic E-state index is -2.06. The second-order valence-electron chi connectivity index (χ2n) is 5.95. The molecule has 0 aliphatic heterocycles. The standard InChI is InChI=1S/C18H22O11/c19-9-17(10-20,11-21)18(7-5-15(26)27,8-6-16(28)29)12(1-3-13(22)23)2-4-14(24)25/h1-8,12,19-21H,9-11H2,(H,22,23)(H,24,25)(H,26,27)(H,28,29). The molecule has 0 aromatic rings. The van der Waals surface area contributed by atoms with Crippen molar-refractivity contribution in [3.05, 3.63) is 48.6 Å². The molecule has 0 saturated carbocycles. The van der Waals surface area contributed by atoms with Crippen LogP contribution in [0.25, 0.3) is 0 Å². The lowest BCUT2D eigenvalue weighted by Gasteiger charge is -2.47. The van der Waals surface area contributed by atoms with E-state index in [1.54, 1.807) is 0 Å². The van der Waals surface area contributed by atoms with Crippen molar-refractivity contribution in [2.45, 2.75) is 0 Å². The van der Waals surface area contributed by atoms with Gasteiger partial charge in [0.1, 0.15) is 0 Å². The Morgan fingerprint density at radius 1 is 0.621 bits per heavy atom. The highest BCUT2D eigenvalue weighted by Gasteiger charge is 2.51. The highest BCUT2D eigenvalue weighted by atomic mass is 16.4. The van der Waals surface area contributed by atoms with Crippen molar-refractivity contribution in [3.63, 3.8) is 0 Å². The van der Waals surface area contributed by atoms with E-state index in [2.05, 4.69) is 0 Å². The molecule has 0 aliphatic carbocycles. The molecule has 0 saturated heterocycles. The molecule has 0 atom stereocenters. The van der Waals surface area contributed by atoms with Crippen LogP contribution in [0.5, 0.6) is 0 Å².